The molecule has 1 aliphatic heterocycles. The van der Waals surface area contributed by atoms with Crippen LogP contribution in [-0.4, -0.2) is 65.5 Å². The molecule has 9 heteroatoms. The summed E-state index contributed by atoms with van der Waals surface area (Å²) >= 11 is 0. The molecule has 2 N–H and O–H groups in total. The molecule has 0 aliphatic carbocycles. The summed E-state index contributed by atoms with van der Waals surface area (Å²) in [4.78, 5) is 37.5. The minimum atomic E-state index is -0.922. The van der Waals surface area contributed by atoms with Crippen molar-refractivity contribution in [2.45, 2.75) is 12.8 Å². The number of carboxylic acid groups (broad SMARTS) is 1. The number of halogens is 2. The Morgan fingerprint density at radius 2 is 1.72 bits per heavy atom. The lowest BCUT2D eigenvalue weighted by molar-refractivity contribution is -0.137. The molecule has 1 saturated heterocycles. The van der Waals surface area contributed by atoms with Crippen LogP contribution in [0.2, 0.25) is 0 Å². The van der Waals surface area contributed by atoms with Crippen molar-refractivity contribution in [2.75, 3.05) is 32.7 Å². The van der Waals surface area contributed by atoms with E-state index in [-0.39, 0.29) is 50.7 Å². The van der Waals surface area contributed by atoms with Crippen molar-refractivity contribution in [2.24, 2.45) is 0 Å². The first-order valence-corrected chi connectivity index (χ1v) is 7.87. The number of rotatable bonds is 5. The number of piperazine rings is 1. The number of carbonyl (C=O) groups is 3. The fourth-order valence-electron chi connectivity index (χ4n) is 2.49. The first-order valence-electron chi connectivity index (χ1n) is 7.87. The zero-order valence-electron chi connectivity index (χ0n) is 13.5. The van der Waals surface area contributed by atoms with Gasteiger partial charge in [0.15, 0.2) is 0 Å². The predicted molar refractivity (Wildman–Crippen MR) is 84.1 cm³/mol. The minimum absolute atomic E-state index is 0.0220. The van der Waals surface area contributed by atoms with Gasteiger partial charge in [-0.25, -0.2) is 13.6 Å². The summed E-state index contributed by atoms with van der Waals surface area (Å²) < 4.78 is 26.6. The van der Waals surface area contributed by atoms with E-state index < -0.39 is 23.5 Å². The minimum Gasteiger partial charge on any atom is -0.481 e. The van der Waals surface area contributed by atoms with Crippen LogP contribution in [0, 0.1) is 11.6 Å². The predicted octanol–water partition coefficient (Wildman–Crippen LogP) is 1.30. The Hall–Kier alpha value is -2.71. The van der Waals surface area contributed by atoms with Gasteiger partial charge in [0, 0.05) is 45.2 Å². The number of aliphatic carboxylic acids is 1. The van der Waals surface area contributed by atoms with E-state index in [0.717, 1.165) is 12.1 Å². The molecule has 0 unspecified atom stereocenters. The van der Waals surface area contributed by atoms with Gasteiger partial charge in [0.25, 0.3) is 5.91 Å². The van der Waals surface area contributed by atoms with Gasteiger partial charge in [0.2, 0.25) is 0 Å². The van der Waals surface area contributed by atoms with E-state index >= 15 is 0 Å². The van der Waals surface area contributed by atoms with E-state index in [0.29, 0.717) is 12.5 Å². The number of amides is 3. The van der Waals surface area contributed by atoms with Crippen molar-refractivity contribution in [3.63, 3.8) is 0 Å². The highest BCUT2D eigenvalue weighted by atomic mass is 19.1. The Balaban J connectivity index is 1.81. The molecule has 7 nitrogen and oxygen atoms in total. The van der Waals surface area contributed by atoms with E-state index in [2.05, 4.69) is 5.32 Å². The number of carbonyl (C=O) groups excluding carboxylic acids is 2. The average molecular weight is 355 g/mol. The lowest BCUT2D eigenvalue weighted by Crippen LogP contribution is -2.53. The number of benzene rings is 1. The van der Waals surface area contributed by atoms with E-state index in [1.54, 1.807) is 0 Å². The summed E-state index contributed by atoms with van der Waals surface area (Å²) in [6.07, 6.45) is 0.315. The van der Waals surface area contributed by atoms with Crippen molar-refractivity contribution >= 4 is 17.9 Å². The average Bonchev–Trinajstić information content (AvgIpc) is 2.58. The van der Waals surface area contributed by atoms with Crippen LogP contribution in [0.3, 0.4) is 0 Å². The Morgan fingerprint density at radius 3 is 2.32 bits per heavy atom. The van der Waals surface area contributed by atoms with E-state index in [9.17, 15) is 23.2 Å². The lowest BCUT2D eigenvalue weighted by Gasteiger charge is -2.34. The zero-order valence-corrected chi connectivity index (χ0v) is 13.5. The van der Waals surface area contributed by atoms with Crippen molar-refractivity contribution in [1.29, 1.82) is 0 Å². The molecule has 2 rings (SSSR count). The lowest BCUT2D eigenvalue weighted by atomic mass is 10.1. The number of nitrogens with one attached hydrogen (secondary N) is 1. The SMILES string of the molecule is O=C(O)CCCNC(=O)N1CCN(C(=O)c2ccc(F)cc2F)CC1. The molecular formula is C16H19F2N3O4. The Kier molecular flexibility index (Phi) is 6.26. The van der Waals surface area contributed by atoms with Crippen LogP contribution in [0.25, 0.3) is 0 Å². The van der Waals surface area contributed by atoms with Gasteiger partial charge in [-0.15, -0.1) is 0 Å². The van der Waals surface area contributed by atoms with Gasteiger partial charge in [-0.3, -0.25) is 9.59 Å². The molecular weight excluding hydrogens is 336 g/mol. The van der Waals surface area contributed by atoms with Crippen LogP contribution in [-0.2, 0) is 4.79 Å². The summed E-state index contributed by atoms with van der Waals surface area (Å²) in [7, 11) is 0. The second-order valence-corrected chi connectivity index (χ2v) is 5.63. The standard InChI is InChI=1S/C16H19F2N3O4/c17-11-3-4-12(13(18)10-11)15(24)20-6-8-21(9-7-20)16(25)19-5-1-2-14(22)23/h3-4,10H,1-2,5-9H2,(H,19,25)(H,22,23). The Bertz CT molecular complexity index is 661. The third kappa shape index (κ3) is 5.13. The Morgan fingerprint density at radius 1 is 1.08 bits per heavy atom. The molecule has 3 amide bonds. The summed E-state index contributed by atoms with van der Waals surface area (Å²) in [5.41, 5.74) is -0.201. The van der Waals surface area contributed by atoms with Gasteiger partial charge in [0.05, 0.1) is 5.56 Å². The van der Waals surface area contributed by atoms with Gasteiger partial charge < -0.3 is 20.2 Å². The highest BCUT2D eigenvalue weighted by Gasteiger charge is 2.26. The number of urea groups is 1. The largest absolute Gasteiger partial charge is 0.481 e. The normalized spacial score (nSPS) is 14.3. The summed E-state index contributed by atoms with van der Waals surface area (Å²) in [5.74, 6) is -3.13. The first kappa shape index (κ1) is 18.6. The zero-order chi connectivity index (χ0) is 18.4. The fourth-order valence-corrected chi connectivity index (χ4v) is 2.49. The maximum Gasteiger partial charge on any atom is 0.317 e. The van der Waals surface area contributed by atoms with Gasteiger partial charge in [0.1, 0.15) is 11.6 Å². The van der Waals surface area contributed by atoms with E-state index in [4.69, 9.17) is 5.11 Å². The van der Waals surface area contributed by atoms with E-state index in [1.807, 2.05) is 0 Å². The molecule has 1 aromatic carbocycles. The maximum absolute atomic E-state index is 13.7. The van der Waals surface area contributed by atoms with Crippen molar-refractivity contribution in [3.05, 3.63) is 35.4 Å². The molecule has 0 bridgehead atoms. The molecule has 136 valence electrons. The van der Waals surface area contributed by atoms with Gasteiger partial charge in [-0.05, 0) is 18.6 Å². The number of hydrogen-bond acceptors (Lipinski definition) is 3. The third-order valence-corrected chi connectivity index (χ3v) is 3.86. The highest BCUT2D eigenvalue weighted by molar-refractivity contribution is 5.94. The van der Waals surface area contributed by atoms with Crippen LogP contribution in [0.4, 0.5) is 13.6 Å². The van der Waals surface area contributed by atoms with Crippen LogP contribution in [0.5, 0.6) is 0 Å². The fraction of sp³-hybridized carbons (Fsp3) is 0.438. The van der Waals surface area contributed by atoms with Crippen molar-refractivity contribution < 1.29 is 28.3 Å². The van der Waals surface area contributed by atoms with Gasteiger partial charge in [-0.2, -0.15) is 0 Å². The van der Waals surface area contributed by atoms with Crippen molar-refractivity contribution in [3.8, 4) is 0 Å². The molecule has 1 heterocycles. The molecule has 0 saturated carbocycles. The highest BCUT2D eigenvalue weighted by Crippen LogP contribution is 2.14. The van der Waals surface area contributed by atoms with Crippen molar-refractivity contribution in [1.82, 2.24) is 15.1 Å². The number of nitrogens with zero attached hydrogens (tertiary/aromatic N) is 2. The van der Waals surface area contributed by atoms with Crippen LogP contribution < -0.4 is 5.32 Å². The quantitative estimate of drug-likeness (QED) is 0.779. The molecule has 0 spiro atoms. The summed E-state index contributed by atoms with van der Waals surface area (Å²) in [6.45, 7) is 1.28. The monoisotopic (exact) mass is 355 g/mol. The van der Waals surface area contributed by atoms with Crippen LogP contribution in [0.1, 0.15) is 23.2 Å². The second kappa shape index (κ2) is 8.41. The first-order chi connectivity index (χ1) is 11.9. The van der Waals surface area contributed by atoms with Crippen LogP contribution >= 0.6 is 0 Å². The number of hydrogen-bond donors (Lipinski definition) is 2. The van der Waals surface area contributed by atoms with Gasteiger partial charge >= 0.3 is 12.0 Å². The molecule has 25 heavy (non-hydrogen) atoms. The summed E-state index contributed by atoms with van der Waals surface area (Å²) in [6, 6.07) is 2.46. The number of carboxylic acids is 1. The molecule has 1 aromatic rings. The van der Waals surface area contributed by atoms with Crippen LogP contribution in [0.15, 0.2) is 18.2 Å². The molecule has 1 aliphatic rings. The second-order valence-electron chi connectivity index (χ2n) is 5.63. The van der Waals surface area contributed by atoms with E-state index in [1.165, 1.54) is 9.80 Å². The molecule has 0 aromatic heterocycles. The summed E-state index contributed by atoms with van der Waals surface area (Å²) in [5, 5.41) is 11.1. The topological polar surface area (TPSA) is 89.9 Å². The Labute approximate surface area is 143 Å². The maximum atomic E-state index is 13.7. The third-order valence-electron chi connectivity index (χ3n) is 3.86. The smallest absolute Gasteiger partial charge is 0.317 e. The van der Waals surface area contributed by atoms with Gasteiger partial charge in [-0.1, -0.05) is 0 Å². The molecule has 0 radical (unpaired) electrons. The molecule has 1 fully saturated rings. The molecule has 0 atom stereocenters.